The Labute approximate surface area is 111 Å². The van der Waals surface area contributed by atoms with Gasteiger partial charge in [-0.3, -0.25) is 0 Å². The van der Waals surface area contributed by atoms with Crippen molar-refractivity contribution >= 4 is 31.2 Å². The van der Waals surface area contributed by atoms with Gasteiger partial charge in [-0.2, -0.15) is 4.31 Å². The fourth-order valence-electron chi connectivity index (χ4n) is 1.15. The van der Waals surface area contributed by atoms with E-state index in [0.29, 0.717) is 4.88 Å². The summed E-state index contributed by atoms with van der Waals surface area (Å²) in [6, 6.07) is 2.93. The lowest BCUT2D eigenvalue weighted by atomic mass is 10.5. The van der Waals surface area contributed by atoms with Gasteiger partial charge in [0, 0.05) is 24.7 Å². The number of aliphatic hydroxyl groups is 1. The number of rotatable bonds is 6. The number of nitrogens with zero attached hydrogens (tertiary/aromatic N) is 1. The predicted molar refractivity (Wildman–Crippen MR) is 69.8 cm³/mol. The normalized spacial score (nSPS) is 13.1. The highest BCUT2D eigenvalue weighted by atomic mass is 32.2. The topological polar surface area (TPSA) is 91.8 Å². The molecule has 6 nitrogen and oxygen atoms in total. The molecule has 0 bridgehead atoms. The van der Waals surface area contributed by atoms with Crippen molar-refractivity contribution in [3.8, 4) is 0 Å². The molecule has 0 unspecified atom stereocenters. The van der Waals surface area contributed by atoms with Crippen LogP contribution in [-0.4, -0.2) is 51.8 Å². The molecule has 1 rings (SSSR count). The highest BCUT2D eigenvalue weighted by Crippen LogP contribution is 2.24. The molecular formula is C9H15NO5S3. The monoisotopic (exact) mass is 313 g/mol. The molecule has 1 aromatic heterocycles. The Bertz CT molecular complexity index is 602. The van der Waals surface area contributed by atoms with E-state index in [-0.39, 0.29) is 23.1 Å². The molecule has 0 aromatic carbocycles. The van der Waals surface area contributed by atoms with Crippen LogP contribution >= 0.6 is 11.3 Å². The molecule has 0 spiro atoms. The lowest BCUT2D eigenvalue weighted by Crippen LogP contribution is -2.31. The van der Waals surface area contributed by atoms with E-state index in [2.05, 4.69) is 0 Å². The van der Waals surface area contributed by atoms with Crippen molar-refractivity contribution in [2.45, 2.75) is 10.8 Å². The maximum atomic E-state index is 12.0. The molecule has 0 atom stereocenters. The fraction of sp³-hybridized carbons (Fsp3) is 0.556. The van der Waals surface area contributed by atoms with Gasteiger partial charge >= 0.3 is 0 Å². The van der Waals surface area contributed by atoms with Crippen LogP contribution < -0.4 is 0 Å². The van der Waals surface area contributed by atoms with Gasteiger partial charge in [0.1, 0.15) is 14.0 Å². The number of hydrogen-bond donors (Lipinski definition) is 1. The van der Waals surface area contributed by atoms with Gasteiger partial charge in [0.2, 0.25) is 0 Å². The summed E-state index contributed by atoms with van der Waals surface area (Å²) in [4.78, 5) is 0.546. The van der Waals surface area contributed by atoms with Crippen LogP contribution in [0.5, 0.6) is 0 Å². The quantitative estimate of drug-likeness (QED) is 0.792. The minimum Gasteiger partial charge on any atom is -0.391 e. The molecule has 1 N–H and O–H groups in total. The summed E-state index contributed by atoms with van der Waals surface area (Å²) in [5.41, 5.74) is 0. The van der Waals surface area contributed by atoms with E-state index in [1.165, 1.54) is 19.2 Å². The number of aliphatic hydroxyl groups excluding tert-OH is 1. The summed E-state index contributed by atoms with van der Waals surface area (Å²) in [5, 5.41) is 8.89. The van der Waals surface area contributed by atoms with Gasteiger partial charge in [-0.05, 0) is 12.1 Å². The predicted octanol–water partition coefficient (Wildman–Crippen LogP) is -0.0945. The largest absolute Gasteiger partial charge is 0.391 e. The number of hydrogen-bond acceptors (Lipinski definition) is 6. The Hall–Kier alpha value is -0.480. The second kappa shape index (κ2) is 5.66. The van der Waals surface area contributed by atoms with Crippen molar-refractivity contribution in [3.05, 3.63) is 17.0 Å². The highest BCUT2D eigenvalue weighted by molar-refractivity contribution is 7.91. The summed E-state index contributed by atoms with van der Waals surface area (Å²) < 4.78 is 47.2. The van der Waals surface area contributed by atoms with E-state index in [1.54, 1.807) is 0 Å². The van der Waals surface area contributed by atoms with Crippen LogP contribution in [0.2, 0.25) is 0 Å². The Morgan fingerprint density at radius 3 is 2.33 bits per heavy atom. The fourth-order valence-corrected chi connectivity index (χ4v) is 4.47. The molecule has 1 aromatic rings. The molecule has 0 amide bonds. The molecule has 1 heterocycles. The second-order valence-corrected chi connectivity index (χ2v) is 9.54. The Morgan fingerprint density at radius 2 is 1.89 bits per heavy atom. The Morgan fingerprint density at radius 1 is 1.28 bits per heavy atom. The zero-order chi connectivity index (χ0) is 14.0. The van der Waals surface area contributed by atoms with Crippen LogP contribution in [0, 0.1) is 0 Å². The van der Waals surface area contributed by atoms with Gasteiger partial charge < -0.3 is 5.11 Å². The molecule has 9 heteroatoms. The van der Waals surface area contributed by atoms with Crippen LogP contribution in [-0.2, 0) is 26.5 Å². The summed E-state index contributed by atoms with van der Waals surface area (Å²) >= 11 is 0.972. The minimum absolute atomic E-state index is 0.0898. The van der Waals surface area contributed by atoms with Gasteiger partial charge in [0.25, 0.3) is 10.0 Å². The minimum atomic E-state index is -3.67. The second-order valence-electron chi connectivity index (χ2n) is 3.84. The Kier molecular flexibility index (Phi) is 4.90. The van der Waals surface area contributed by atoms with E-state index >= 15 is 0 Å². The first-order chi connectivity index (χ1) is 8.16. The summed E-state index contributed by atoms with van der Waals surface area (Å²) in [7, 11) is -5.55. The summed E-state index contributed by atoms with van der Waals surface area (Å²) in [6.07, 6.45) is 1.06. The van der Waals surface area contributed by atoms with Gasteiger partial charge in [0.05, 0.1) is 12.4 Å². The first kappa shape index (κ1) is 15.6. The van der Waals surface area contributed by atoms with Crippen LogP contribution in [0.1, 0.15) is 4.88 Å². The average molecular weight is 313 g/mol. The van der Waals surface area contributed by atoms with Gasteiger partial charge in [0.15, 0.2) is 0 Å². The van der Waals surface area contributed by atoms with Crippen molar-refractivity contribution in [3.63, 3.8) is 0 Å². The molecule has 0 aliphatic carbocycles. The number of sulfone groups is 1. The molecular weight excluding hydrogens is 298 g/mol. The SMILES string of the molecule is CN(CCS(C)(=O)=O)S(=O)(=O)c1ccc(CO)s1. The molecule has 0 fully saturated rings. The van der Waals surface area contributed by atoms with Crippen LogP contribution in [0.3, 0.4) is 0 Å². The third-order valence-electron chi connectivity index (χ3n) is 2.23. The molecule has 0 aliphatic rings. The van der Waals surface area contributed by atoms with Gasteiger partial charge in [-0.1, -0.05) is 0 Å². The number of sulfonamides is 1. The first-order valence-electron chi connectivity index (χ1n) is 5.00. The van der Waals surface area contributed by atoms with Crippen molar-refractivity contribution in [2.24, 2.45) is 0 Å². The van der Waals surface area contributed by atoms with E-state index in [4.69, 9.17) is 5.11 Å². The molecule has 0 saturated heterocycles. The van der Waals surface area contributed by atoms with Crippen molar-refractivity contribution < 1.29 is 21.9 Å². The third-order valence-corrected chi connectivity index (χ3v) is 6.55. The molecule has 0 saturated carbocycles. The maximum Gasteiger partial charge on any atom is 0.252 e. The average Bonchev–Trinajstić information content (AvgIpc) is 2.73. The molecule has 0 aliphatic heterocycles. The zero-order valence-corrected chi connectivity index (χ0v) is 12.5. The highest BCUT2D eigenvalue weighted by Gasteiger charge is 2.23. The number of thiophene rings is 1. The molecule has 0 radical (unpaired) electrons. The smallest absolute Gasteiger partial charge is 0.252 e. The summed E-state index contributed by atoms with van der Waals surface area (Å²) in [6.45, 7) is -0.305. The van der Waals surface area contributed by atoms with E-state index < -0.39 is 19.9 Å². The molecule has 18 heavy (non-hydrogen) atoms. The van der Waals surface area contributed by atoms with Crippen molar-refractivity contribution in [2.75, 3.05) is 25.6 Å². The van der Waals surface area contributed by atoms with E-state index in [0.717, 1.165) is 21.9 Å². The molecule has 104 valence electrons. The van der Waals surface area contributed by atoms with Crippen LogP contribution in [0.25, 0.3) is 0 Å². The lowest BCUT2D eigenvalue weighted by molar-refractivity contribution is 0.285. The maximum absolute atomic E-state index is 12.0. The third kappa shape index (κ3) is 4.02. The zero-order valence-electron chi connectivity index (χ0n) is 10.0. The van der Waals surface area contributed by atoms with Gasteiger partial charge in [-0.25, -0.2) is 16.8 Å². The summed E-state index contributed by atoms with van der Waals surface area (Å²) in [5.74, 6) is -0.221. The van der Waals surface area contributed by atoms with Crippen molar-refractivity contribution in [1.29, 1.82) is 0 Å². The first-order valence-corrected chi connectivity index (χ1v) is 9.32. The Balaban J connectivity index is 2.86. The van der Waals surface area contributed by atoms with E-state index in [1.807, 2.05) is 0 Å². The van der Waals surface area contributed by atoms with E-state index in [9.17, 15) is 16.8 Å². The van der Waals surface area contributed by atoms with Crippen LogP contribution in [0.15, 0.2) is 16.3 Å². The standard InChI is InChI=1S/C9H15NO5S3/c1-10(5-6-17(2,12)13)18(14,15)9-4-3-8(7-11)16-9/h3-4,11H,5-7H2,1-2H3. The lowest BCUT2D eigenvalue weighted by Gasteiger charge is -2.15. The van der Waals surface area contributed by atoms with Crippen molar-refractivity contribution in [1.82, 2.24) is 4.31 Å². The van der Waals surface area contributed by atoms with Crippen LogP contribution in [0.4, 0.5) is 0 Å². The van der Waals surface area contributed by atoms with Gasteiger partial charge in [-0.15, -0.1) is 11.3 Å².